The molecule has 3 aromatic rings. The first-order valence-corrected chi connectivity index (χ1v) is 9.25. The topological polar surface area (TPSA) is 117 Å². The standard InChI is InChI=1S/C18H17N5O4S/c1-12-5-3-7-15(9-12)22-13(2)19-20-18(22)28-17(11-21(24)25)14-6-4-8-16(10-14)23(26)27/h3-10,17H,11H2,1-2H3/t17-/m1/s1. The minimum Gasteiger partial charge on any atom is -0.274 e. The number of aromatic nitrogens is 3. The van der Waals surface area contributed by atoms with Gasteiger partial charge in [0.05, 0.1) is 4.92 Å². The lowest BCUT2D eigenvalue weighted by molar-refractivity contribution is -0.479. The summed E-state index contributed by atoms with van der Waals surface area (Å²) in [6.07, 6.45) is 0. The molecule has 0 saturated heterocycles. The maximum Gasteiger partial charge on any atom is 0.269 e. The average Bonchev–Trinajstić information content (AvgIpc) is 3.01. The third-order valence-electron chi connectivity index (χ3n) is 4.07. The quantitative estimate of drug-likeness (QED) is 0.336. The Morgan fingerprint density at radius 2 is 1.82 bits per heavy atom. The van der Waals surface area contributed by atoms with E-state index in [1.54, 1.807) is 13.0 Å². The average molecular weight is 399 g/mol. The highest BCUT2D eigenvalue weighted by molar-refractivity contribution is 7.99. The molecule has 1 heterocycles. The number of hydrogen-bond donors (Lipinski definition) is 0. The first-order valence-electron chi connectivity index (χ1n) is 8.37. The second kappa shape index (κ2) is 8.17. The van der Waals surface area contributed by atoms with Crippen LogP contribution >= 0.6 is 11.8 Å². The molecule has 0 unspecified atom stereocenters. The first-order chi connectivity index (χ1) is 13.3. The maximum atomic E-state index is 11.2. The third kappa shape index (κ3) is 4.34. The van der Waals surface area contributed by atoms with E-state index in [-0.39, 0.29) is 5.69 Å². The summed E-state index contributed by atoms with van der Waals surface area (Å²) in [4.78, 5) is 21.3. The van der Waals surface area contributed by atoms with Crippen molar-refractivity contribution in [2.45, 2.75) is 24.3 Å². The van der Waals surface area contributed by atoms with Crippen LogP contribution in [0.4, 0.5) is 5.69 Å². The van der Waals surface area contributed by atoms with Crippen LogP contribution in [0.5, 0.6) is 0 Å². The van der Waals surface area contributed by atoms with Crippen molar-refractivity contribution in [1.29, 1.82) is 0 Å². The van der Waals surface area contributed by atoms with E-state index >= 15 is 0 Å². The van der Waals surface area contributed by atoms with Crippen LogP contribution in [0.1, 0.15) is 22.2 Å². The van der Waals surface area contributed by atoms with Gasteiger partial charge in [0.25, 0.3) is 5.69 Å². The van der Waals surface area contributed by atoms with Gasteiger partial charge in [-0.25, -0.2) is 0 Å². The third-order valence-corrected chi connectivity index (χ3v) is 5.25. The van der Waals surface area contributed by atoms with Crippen LogP contribution in [0.2, 0.25) is 0 Å². The van der Waals surface area contributed by atoms with Gasteiger partial charge in [-0.2, -0.15) is 0 Å². The highest BCUT2D eigenvalue weighted by Crippen LogP contribution is 2.37. The summed E-state index contributed by atoms with van der Waals surface area (Å²) in [7, 11) is 0. The molecule has 28 heavy (non-hydrogen) atoms. The summed E-state index contributed by atoms with van der Waals surface area (Å²) < 4.78 is 1.82. The SMILES string of the molecule is Cc1cccc(-n2c(C)nnc2S[C@H](C[N+](=O)[O-])c2cccc([N+](=O)[O-])c2)c1. The molecule has 1 atom stereocenters. The van der Waals surface area contributed by atoms with Gasteiger partial charge in [0.1, 0.15) is 11.1 Å². The number of nitro benzene ring substituents is 1. The second-order valence-electron chi connectivity index (χ2n) is 6.18. The summed E-state index contributed by atoms with van der Waals surface area (Å²) >= 11 is 1.16. The van der Waals surface area contributed by atoms with E-state index in [4.69, 9.17) is 0 Å². The predicted molar refractivity (Wildman–Crippen MR) is 104 cm³/mol. The van der Waals surface area contributed by atoms with Gasteiger partial charge in [0.2, 0.25) is 6.54 Å². The molecule has 10 heteroatoms. The maximum absolute atomic E-state index is 11.2. The fourth-order valence-corrected chi connectivity index (χ4v) is 3.96. The van der Waals surface area contributed by atoms with Crippen LogP contribution in [0.25, 0.3) is 5.69 Å². The van der Waals surface area contributed by atoms with Gasteiger partial charge in [0, 0.05) is 22.7 Å². The van der Waals surface area contributed by atoms with Crippen molar-refractivity contribution in [3.8, 4) is 5.69 Å². The van der Waals surface area contributed by atoms with Crippen LogP contribution < -0.4 is 0 Å². The van der Waals surface area contributed by atoms with Crippen molar-refractivity contribution in [3.63, 3.8) is 0 Å². The smallest absolute Gasteiger partial charge is 0.269 e. The van der Waals surface area contributed by atoms with Gasteiger partial charge < -0.3 is 0 Å². The van der Waals surface area contributed by atoms with Crippen molar-refractivity contribution in [1.82, 2.24) is 14.8 Å². The summed E-state index contributed by atoms with van der Waals surface area (Å²) in [5, 5.41) is 30.4. The Hall–Kier alpha value is -3.27. The molecule has 0 aliphatic carbocycles. The number of rotatable bonds is 7. The summed E-state index contributed by atoms with van der Waals surface area (Å²) in [6, 6.07) is 13.6. The zero-order valence-corrected chi connectivity index (χ0v) is 16.0. The molecule has 0 bridgehead atoms. The number of nitro groups is 2. The molecule has 0 amide bonds. The lowest BCUT2D eigenvalue weighted by Crippen LogP contribution is -2.11. The van der Waals surface area contributed by atoms with E-state index in [0.717, 1.165) is 23.0 Å². The Balaban J connectivity index is 2.00. The van der Waals surface area contributed by atoms with Crippen molar-refractivity contribution in [3.05, 3.63) is 85.7 Å². The molecule has 0 saturated carbocycles. The number of non-ortho nitro benzene ring substituents is 1. The highest BCUT2D eigenvalue weighted by Gasteiger charge is 2.25. The van der Waals surface area contributed by atoms with Gasteiger partial charge in [-0.1, -0.05) is 36.0 Å². The number of aryl methyl sites for hydroxylation is 2. The number of hydrogen-bond acceptors (Lipinski definition) is 7. The monoisotopic (exact) mass is 399 g/mol. The molecule has 9 nitrogen and oxygen atoms in total. The van der Waals surface area contributed by atoms with Gasteiger partial charge in [-0.3, -0.25) is 24.8 Å². The molecule has 0 N–H and O–H groups in total. The highest BCUT2D eigenvalue weighted by atomic mass is 32.2. The fourth-order valence-electron chi connectivity index (χ4n) is 2.80. The molecule has 0 aliphatic heterocycles. The minimum absolute atomic E-state index is 0.109. The van der Waals surface area contributed by atoms with Crippen molar-refractivity contribution < 1.29 is 9.85 Å². The zero-order valence-electron chi connectivity index (χ0n) is 15.2. The summed E-state index contributed by atoms with van der Waals surface area (Å²) in [6.45, 7) is 3.37. The van der Waals surface area contributed by atoms with Crippen molar-refractivity contribution in [2.24, 2.45) is 0 Å². The first kappa shape index (κ1) is 19.5. The van der Waals surface area contributed by atoms with Gasteiger partial charge >= 0.3 is 0 Å². The molecular formula is C18H17N5O4S. The summed E-state index contributed by atoms with van der Waals surface area (Å²) in [5.41, 5.74) is 2.29. The Labute approximate surface area is 164 Å². The molecule has 0 radical (unpaired) electrons. The van der Waals surface area contributed by atoms with Crippen LogP contribution in [0.3, 0.4) is 0 Å². The van der Waals surface area contributed by atoms with Crippen LogP contribution in [-0.4, -0.2) is 31.2 Å². The second-order valence-corrected chi connectivity index (χ2v) is 7.35. The van der Waals surface area contributed by atoms with Crippen molar-refractivity contribution in [2.75, 3.05) is 6.54 Å². The Bertz CT molecular complexity index is 1040. The van der Waals surface area contributed by atoms with E-state index in [1.807, 2.05) is 35.8 Å². The van der Waals surface area contributed by atoms with Gasteiger partial charge in [0.15, 0.2) is 5.16 Å². The van der Waals surface area contributed by atoms with E-state index in [1.165, 1.54) is 18.2 Å². The summed E-state index contributed by atoms with van der Waals surface area (Å²) in [5.74, 6) is 0.645. The molecule has 0 aliphatic rings. The molecule has 3 rings (SSSR count). The largest absolute Gasteiger partial charge is 0.274 e. The van der Waals surface area contributed by atoms with Gasteiger partial charge in [-0.15, -0.1) is 10.2 Å². The Morgan fingerprint density at radius 3 is 2.50 bits per heavy atom. The molecule has 0 spiro atoms. The fraction of sp³-hybridized carbons (Fsp3) is 0.222. The Morgan fingerprint density at radius 1 is 1.07 bits per heavy atom. The molecule has 0 fully saturated rings. The number of nitrogens with zero attached hydrogens (tertiary/aromatic N) is 5. The van der Waals surface area contributed by atoms with E-state index in [0.29, 0.717) is 16.5 Å². The van der Waals surface area contributed by atoms with Crippen LogP contribution in [-0.2, 0) is 0 Å². The lowest BCUT2D eigenvalue weighted by atomic mass is 10.1. The van der Waals surface area contributed by atoms with Crippen LogP contribution in [0, 0.1) is 34.1 Å². The van der Waals surface area contributed by atoms with E-state index < -0.39 is 21.6 Å². The van der Waals surface area contributed by atoms with Crippen LogP contribution in [0.15, 0.2) is 53.7 Å². The Kier molecular flexibility index (Phi) is 5.69. The zero-order chi connectivity index (χ0) is 20.3. The molecular weight excluding hydrogens is 382 g/mol. The van der Waals surface area contributed by atoms with E-state index in [2.05, 4.69) is 10.2 Å². The predicted octanol–water partition coefficient (Wildman–Crippen LogP) is 3.90. The lowest BCUT2D eigenvalue weighted by Gasteiger charge is -2.14. The minimum atomic E-state index is -0.651. The van der Waals surface area contributed by atoms with Crippen molar-refractivity contribution >= 4 is 17.4 Å². The normalized spacial score (nSPS) is 11.9. The number of thioether (sulfide) groups is 1. The van der Waals surface area contributed by atoms with Gasteiger partial charge in [-0.05, 0) is 37.1 Å². The molecule has 2 aromatic carbocycles. The number of benzene rings is 2. The molecule has 144 valence electrons. The van der Waals surface area contributed by atoms with E-state index in [9.17, 15) is 20.2 Å². The molecule has 1 aromatic heterocycles.